The summed E-state index contributed by atoms with van der Waals surface area (Å²) in [5.41, 5.74) is -0.0638. The van der Waals surface area contributed by atoms with Gasteiger partial charge in [0.15, 0.2) is 5.69 Å². The van der Waals surface area contributed by atoms with Crippen molar-refractivity contribution in [3.63, 3.8) is 0 Å². The fraction of sp³-hybridized carbons (Fsp3) is 0.167. The highest BCUT2D eigenvalue weighted by molar-refractivity contribution is 9.10. The minimum absolute atomic E-state index is 0.0336. The van der Waals surface area contributed by atoms with Crippen LogP contribution in [0.1, 0.15) is 17.4 Å². The van der Waals surface area contributed by atoms with Crippen LogP contribution >= 0.6 is 15.9 Å². The molecule has 0 aliphatic carbocycles. The molecule has 0 bridgehead atoms. The Morgan fingerprint density at radius 1 is 1.47 bits per heavy atom. The standard InChI is InChI=1S/C12H9BrF2N2O2/c1-2-17-11(9(13)10(16-17)12(18)19)7-5-6(14)3-4-8(7)15/h3-5H,2H2,1H3,(H,18,19). The van der Waals surface area contributed by atoms with Crippen molar-refractivity contribution < 1.29 is 18.7 Å². The zero-order valence-electron chi connectivity index (χ0n) is 9.82. The minimum atomic E-state index is -1.24. The third-order valence-corrected chi connectivity index (χ3v) is 3.33. The summed E-state index contributed by atoms with van der Waals surface area (Å²) in [6.07, 6.45) is 0. The lowest BCUT2D eigenvalue weighted by molar-refractivity contribution is 0.0688. The maximum absolute atomic E-state index is 13.8. The van der Waals surface area contributed by atoms with Crippen molar-refractivity contribution in [3.05, 3.63) is 40.0 Å². The number of halogens is 3. The summed E-state index contributed by atoms with van der Waals surface area (Å²) in [7, 11) is 0. The molecule has 0 spiro atoms. The number of carboxylic acid groups (broad SMARTS) is 1. The van der Waals surface area contributed by atoms with Crippen LogP contribution in [0.25, 0.3) is 11.3 Å². The highest BCUT2D eigenvalue weighted by atomic mass is 79.9. The number of benzene rings is 1. The van der Waals surface area contributed by atoms with Crippen LogP contribution in [-0.2, 0) is 6.54 Å². The van der Waals surface area contributed by atoms with Gasteiger partial charge in [-0.05, 0) is 41.1 Å². The molecule has 100 valence electrons. The molecule has 2 aromatic rings. The molecule has 2 rings (SSSR count). The molecule has 1 N–H and O–H groups in total. The first-order valence-electron chi connectivity index (χ1n) is 5.40. The predicted molar refractivity (Wildman–Crippen MR) is 67.9 cm³/mol. The van der Waals surface area contributed by atoms with E-state index in [9.17, 15) is 13.6 Å². The van der Waals surface area contributed by atoms with E-state index < -0.39 is 17.6 Å². The molecular weight excluding hydrogens is 322 g/mol. The fourth-order valence-corrected chi connectivity index (χ4v) is 2.41. The van der Waals surface area contributed by atoms with Gasteiger partial charge in [0.05, 0.1) is 10.2 Å². The van der Waals surface area contributed by atoms with E-state index in [4.69, 9.17) is 5.11 Å². The topological polar surface area (TPSA) is 55.1 Å². The van der Waals surface area contributed by atoms with E-state index in [-0.39, 0.29) is 21.4 Å². The second kappa shape index (κ2) is 5.08. The summed E-state index contributed by atoms with van der Waals surface area (Å²) in [5, 5.41) is 12.9. The minimum Gasteiger partial charge on any atom is -0.476 e. The fourth-order valence-electron chi connectivity index (χ4n) is 1.74. The zero-order chi connectivity index (χ0) is 14.2. The third-order valence-electron chi connectivity index (χ3n) is 2.58. The van der Waals surface area contributed by atoms with Gasteiger partial charge in [-0.1, -0.05) is 0 Å². The normalized spacial score (nSPS) is 10.7. The van der Waals surface area contributed by atoms with Gasteiger partial charge in [0.1, 0.15) is 11.6 Å². The Balaban J connectivity index is 2.74. The average molecular weight is 331 g/mol. The quantitative estimate of drug-likeness (QED) is 0.939. The number of nitrogens with zero attached hydrogens (tertiary/aromatic N) is 2. The Morgan fingerprint density at radius 2 is 2.16 bits per heavy atom. The molecule has 7 heteroatoms. The monoisotopic (exact) mass is 330 g/mol. The molecule has 0 atom stereocenters. The molecule has 0 aliphatic rings. The van der Waals surface area contributed by atoms with Crippen molar-refractivity contribution in [1.29, 1.82) is 0 Å². The van der Waals surface area contributed by atoms with Crippen LogP contribution in [0.2, 0.25) is 0 Å². The van der Waals surface area contributed by atoms with E-state index in [2.05, 4.69) is 21.0 Å². The van der Waals surface area contributed by atoms with Gasteiger partial charge in [0.25, 0.3) is 0 Å². The smallest absolute Gasteiger partial charge is 0.357 e. The molecule has 0 fully saturated rings. The van der Waals surface area contributed by atoms with Gasteiger partial charge in [-0.2, -0.15) is 5.10 Å². The summed E-state index contributed by atoms with van der Waals surface area (Å²) in [6.45, 7) is 2.06. The molecule has 0 saturated carbocycles. The van der Waals surface area contributed by atoms with E-state index in [0.717, 1.165) is 18.2 Å². The van der Waals surface area contributed by atoms with Crippen molar-refractivity contribution in [2.45, 2.75) is 13.5 Å². The molecule has 1 heterocycles. The molecule has 19 heavy (non-hydrogen) atoms. The number of carboxylic acids is 1. The zero-order valence-corrected chi connectivity index (χ0v) is 11.4. The number of hydrogen-bond acceptors (Lipinski definition) is 2. The lowest BCUT2D eigenvalue weighted by Crippen LogP contribution is -2.03. The van der Waals surface area contributed by atoms with Crippen molar-refractivity contribution >= 4 is 21.9 Å². The number of aromatic carboxylic acids is 1. The van der Waals surface area contributed by atoms with Crippen LogP contribution in [0.5, 0.6) is 0 Å². The SMILES string of the molecule is CCn1nc(C(=O)O)c(Br)c1-c1cc(F)ccc1F. The van der Waals surface area contributed by atoms with E-state index >= 15 is 0 Å². The lowest BCUT2D eigenvalue weighted by Gasteiger charge is -2.06. The largest absolute Gasteiger partial charge is 0.476 e. The second-order valence-corrected chi connectivity index (χ2v) is 4.55. The molecule has 0 unspecified atom stereocenters. The van der Waals surface area contributed by atoms with E-state index in [0.29, 0.717) is 6.54 Å². The molecule has 0 saturated heterocycles. The average Bonchev–Trinajstić information content (AvgIpc) is 2.69. The van der Waals surface area contributed by atoms with Gasteiger partial charge in [-0.15, -0.1) is 0 Å². The Morgan fingerprint density at radius 3 is 2.74 bits per heavy atom. The van der Waals surface area contributed by atoms with Crippen LogP contribution in [0.4, 0.5) is 8.78 Å². The summed E-state index contributed by atoms with van der Waals surface area (Å²) in [6, 6.07) is 3.00. The van der Waals surface area contributed by atoms with Gasteiger partial charge in [0.2, 0.25) is 0 Å². The third kappa shape index (κ3) is 2.37. The van der Waals surface area contributed by atoms with E-state index in [1.165, 1.54) is 4.68 Å². The first-order valence-corrected chi connectivity index (χ1v) is 6.20. The second-order valence-electron chi connectivity index (χ2n) is 3.76. The Kier molecular flexibility index (Phi) is 3.66. The number of aryl methyl sites for hydroxylation is 1. The number of carbonyl (C=O) groups is 1. The summed E-state index contributed by atoms with van der Waals surface area (Å²) < 4.78 is 28.5. The van der Waals surface area contributed by atoms with Gasteiger partial charge in [-0.25, -0.2) is 13.6 Å². The number of hydrogen-bond donors (Lipinski definition) is 1. The first-order chi connectivity index (χ1) is 8.95. The molecule has 4 nitrogen and oxygen atoms in total. The summed E-state index contributed by atoms with van der Waals surface area (Å²) in [5.74, 6) is -2.49. The van der Waals surface area contributed by atoms with Crippen LogP contribution in [0.3, 0.4) is 0 Å². The molecular formula is C12H9BrF2N2O2. The Hall–Kier alpha value is -1.76. The van der Waals surface area contributed by atoms with Crippen LogP contribution < -0.4 is 0 Å². The Bertz CT molecular complexity index is 655. The van der Waals surface area contributed by atoms with Crippen LogP contribution in [-0.4, -0.2) is 20.9 Å². The summed E-state index contributed by atoms with van der Waals surface area (Å²) in [4.78, 5) is 11.0. The lowest BCUT2D eigenvalue weighted by atomic mass is 10.1. The van der Waals surface area contributed by atoms with Crippen LogP contribution in [0, 0.1) is 11.6 Å². The van der Waals surface area contributed by atoms with Gasteiger partial charge < -0.3 is 5.11 Å². The Labute approximate surface area is 115 Å². The van der Waals surface area contributed by atoms with Crippen molar-refractivity contribution in [3.8, 4) is 11.3 Å². The van der Waals surface area contributed by atoms with Crippen molar-refractivity contribution in [2.75, 3.05) is 0 Å². The van der Waals surface area contributed by atoms with Gasteiger partial charge >= 0.3 is 5.97 Å². The van der Waals surface area contributed by atoms with E-state index in [1.807, 2.05) is 0 Å². The maximum atomic E-state index is 13.8. The molecule has 0 radical (unpaired) electrons. The maximum Gasteiger partial charge on any atom is 0.357 e. The molecule has 1 aromatic heterocycles. The highest BCUT2D eigenvalue weighted by Crippen LogP contribution is 2.33. The number of aromatic nitrogens is 2. The van der Waals surface area contributed by atoms with Crippen LogP contribution in [0.15, 0.2) is 22.7 Å². The number of rotatable bonds is 3. The molecule has 0 aliphatic heterocycles. The summed E-state index contributed by atoms with van der Waals surface area (Å²) >= 11 is 3.09. The van der Waals surface area contributed by atoms with E-state index in [1.54, 1.807) is 6.92 Å². The van der Waals surface area contributed by atoms with Gasteiger partial charge in [0, 0.05) is 12.1 Å². The highest BCUT2D eigenvalue weighted by Gasteiger charge is 2.23. The van der Waals surface area contributed by atoms with Gasteiger partial charge in [-0.3, -0.25) is 4.68 Å². The van der Waals surface area contributed by atoms with Crippen molar-refractivity contribution in [2.24, 2.45) is 0 Å². The first kappa shape index (κ1) is 13.7. The predicted octanol–water partition coefficient (Wildman–Crippen LogP) is 3.31. The molecule has 0 amide bonds. The molecule has 1 aromatic carbocycles. The van der Waals surface area contributed by atoms with Crippen molar-refractivity contribution in [1.82, 2.24) is 9.78 Å².